The van der Waals surface area contributed by atoms with Crippen LogP contribution in [-0.2, 0) is 4.79 Å². The van der Waals surface area contributed by atoms with Crippen LogP contribution in [0, 0.1) is 5.41 Å². The van der Waals surface area contributed by atoms with Crippen LogP contribution >= 0.6 is 0 Å². The molecular formula is C12H23NO2. The van der Waals surface area contributed by atoms with E-state index in [1.165, 1.54) is 6.42 Å². The third kappa shape index (κ3) is 4.65. The highest BCUT2D eigenvalue weighted by atomic mass is 16.2. The van der Waals surface area contributed by atoms with Crippen LogP contribution < -0.4 is 5.32 Å². The molecule has 1 aliphatic carbocycles. The summed E-state index contributed by atoms with van der Waals surface area (Å²) < 4.78 is 0. The van der Waals surface area contributed by atoms with E-state index < -0.39 is 0 Å². The molecule has 1 atom stereocenters. The molecule has 3 heteroatoms. The molecule has 0 heterocycles. The first-order valence-electron chi connectivity index (χ1n) is 5.94. The average Bonchev–Trinajstić information content (AvgIpc) is 2.46. The van der Waals surface area contributed by atoms with Crippen molar-refractivity contribution in [2.45, 2.75) is 58.4 Å². The molecule has 15 heavy (non-hydrogen) atoms. The summed E-state index contributed by atoms with van der Waals surface area (Å²) in [6, 6.07) is 0.377. The van der Waals surface area contributed by atoms with Gasteiger partial charge < -0.3 is 10.4 Å². The third-order valence-corrected chi connectivity index (χ3v) is 3.15. The quantitative estimate of drug-likeness (QED) is 0.685. The molecule has 1 rings (SSSR count). The minimum absolute atomic E-state index is 0.145. The molecule has 0 spiro atoms. The van der Waals surface area contributed by atoms with Crippen molar-refractivity contribution in [3.63, 3.8) is 0 Å². The topological polar surface area (TPSA) is 49.3 Å². The fourth-order valence-corrected chi connectivity index (χ4v) is 2.26. The van der Waals surface area contributed by atoms with Gasteiger partial charge >= 0.3 is 0 Å². The molecule has 0 bridgehead atoms. The molecule has 0 radical (unpaired) electrons. The van der Waals surface area contributed by atoms with Gasteiger partial charge in [0.2, 0.25) is 5.91 Å². The second-order valence-corrected chi connectivity index (χ2v) is 5.35. The van der Waals surface area contributed by atoms with Crippen molar-refractivity contribution in [1.29, 1.82) is 0 Å². The average molecular weight is 213 g/mol. The SMILES string of the molecule is CC1(C)CCC(NC(=O)CCCCO)C1. The van der Waals surface area contributed by atoms with Crippen molar-refractivity contribution >= 4 is 5.91 Å². The van der Waals surface area contributed by atoms with Crippen LogP contribution in [-0.4, -0.2) is 23.7 Å². The lowest BCUT2D eigenvalue weighted by Gasteiger charge is -2.17. The number of carbonyl (C=O) groups excluding carboxylic acids is 1. The number of unbranched alkanes of at least 4 members (excludes halogenated alkanes) is 1. The summed E-state index contributed by atoms with van der Waals surface area (Å²) in [6.07, 6.45) is 5.48. The standard InChI is InChI=1S/C12H23NO2/c1-12(2)7-6-10(9-12)13-11(15)5-3-4-8-14/h10,14H,3-9H2,1-2H3,(H,13,15). The van der Waals surface area contributed by atoms with Crippen molar-refractivity contribution in [2.75, 3.05) is 6.61 Å². The van der Waals surface area contributed by atoms with Gasteiger partial charge in [0.25, 0.3) is 0 Å². The fourth-order valence-electron chi connectivity index (χ4n) is 2.26. The molecule has 0 aromatic rings. The van der Waals surface area contributed by atoms with E-state index in [2.05, 4.69) is 19.2 Å². The first-order valence-corrected chi connectivity index (χ1v) is 5.94. The number of carbonyl (C=O) groups is 1. The largest absolute Gasteiger partial charge is 0.396 e. The maximum absolute atomic E-state index is 11.5. The molecule has 0 aromatic heterocycles. The number of aliphatic hydroxyl groups is 1. The first kappa shape index (κ1) is 12.5. The molecular weight excluding hydrogens is 190 g/mol. The van der Waals surface area contributed by atoms with Gasteiger partial charge in [-0.1, -0.05) is 13.8 Å². The molecule has 1 saturated carbocycles. The number of hydrogen-bond acceptors (Lipinski definition) is 2. The van der Waals surface area contributed by atoms with Gasteiger partial charge in [-0.15, -0.1) is 0 Å². The monoisotopic (exact) mass is 213 g/mol. The Labute approximate surface area is 92.3 Å². The zero-order chi connectivity index (χ0) is 11.3. The van der Waals surface area contributed by atoms with Gasteiger partial charge in [0.15, 0.2) is 0 Å². The smallest absolute Gasteiger partial charge is 0.220 e. The summed E-state index contributed by atoms with van der Waals surface area (Å²) in [7, 11) is 0. The van der Waals surface area contributed by atoms with Gasteiger partial charge in [-0.2, -0.15) is 0 Å². The predicted molar refractivity (Wildman–Crippen MR) is 60.5 cm³/mol. The van der Waals surface area contributed by atoms with Crippen LogP contribution in [0.15, 0.2) is 0 Å². The van der Waals surface area contributed by atoms with Crippen LogP contribution in [0.4, 0.5) is 0 Å². The third-order valence-electron chi connectivity index (χ3n) is 3.15. The Balaban J connectivity index is 2.16. The molecule has 1 amide bonds. The highest BCUT2D eigenvalue weighted by Gasteiger charge is 2.31. The van der Waals surface area contributed by atoms with Crippen molar-refractivity contribution in [3.8, 4) is 0 Å². The van der Waals surface area contributed by atoms with Crippen molar-refractivity contribution in [2.24, 2.45) is 5.41 Å². The van der Waals surface area contributed by atoms with E-state index in [0.717, 1.165) is 25.7 Å². The number of amides is 1. The minimum Gasteiger partial charge on any atom is -0.396 e. The van der Waals surface area contributed by atoms with Crippen LogP contribution in [0.2, 0.25) is 0 Å². The van der Waals surface area contributed by atoms with Gasteiger partial charge in [0.05, 0.1) is 0 Å². The first-order chi connectivity index (χ1) is 7.03. The maximum Gasteiger partial charge on any atom is 0.220 e. The van der Waals surface area contributed by atoms with E-state index in [1.807, 2.05) is 0 Å². The summed E-state index contributed by atoms with van der Waals surface area (Å²) in [5.41, 5.74) is 0.392. The van der Waals surface area contributed by atoms with E-state index >= 15 is 0 Å². The summed E-state index contributed by atoms with van der Waals surface area (Å²) in [4.78, 5) is 11.5. The van der Waals surface area contributed by atoms with Crippen LogP contribution in [0.3, 0.4) is 0 Å². The van der Waals surface area contributed by atoms with Crippen LogP contribution in [0.1, 0.15) is 52.4 Å². The normalized spacial score (nSPS) is 24.1. The molecule has 1 fully saturated rings. The molecule has 2 N–H and O–H groups in total. The maximum atomic E-state index is 11.5. The molecule has 88 valence electrons. The molecule has 1 unspecified atom stereocenters. The van der Waals surface area contributed by atoms with Crippen LogP contribution in [0.5, 0.6) is 0 Å². The van der Waals surface area contributed by atoms with E-state index in [-0.39, 0.29) is 12.5 Å². The number of rotatable bonds is 5. The highest BCUT2D eigenvalue weighted by molar-refractivity contribution is 5.76. The van der Waals surface area contributed by atoms with Gasteiger partial charge in [-0.25, -0.2) is 0 Å². The zero-order valence-corrected chi connectivity index (χ0v) is 9.88. The van der Waals surface area contributed by atoms with E-state index in [1.54, 1.807) is 0 Å². The highest BCUT2D eigenvalue weighted by Crippen LogP contribution is 2.36. The van der Waals surface area contributed by atoms with E-state index in [0.29, 0.717) is 17.9 Å². The molecule has 1 aliphatic rings. The molecule has 0 aromatic carbocycles. The number of nitrogens with one attached hydrogen (secondary N) is 1. The molecule has 3 nitrogen and oxygen atoms in total. The second-order valence-electron chi connectivity index (χ2n) is 5.35. The lowest BCUT2D eigenvalue weighted by Crippen LogP contribution is -2.33. The Morgan fingerprint density at radius 3 is 2.73 bits per heavy atom. The van der Waals surface area contributed by atoms with E-state index in [9.17, 15) is 4.79 Å². The number of aliphatic hydroxyl groups excluding tert-OH is 1. The lowest BCUT2D eigenvalue weighted by atomic mass is 9.92. The predicted octanol–water partition coefficient (Wildman–Crippen LogP) is 1.84. The number of hydrogen-bond donors (Lipinski definition) is 2. The Morgan fingerprint density at radius 1 is 1.47 bits per heavy atom. The molecule has 0 aliphatic heterocycles. The molecule has 0 saturated heterocycles. The Hall–Kier alpha value is -0.570. The second kappa shape index (κ2) is 5.50. The zero-order valence-electron chi connectivity index (χ0n) is 9.88. The van der Waals surface area contributed by atoms with Crippen molar-refractivity contribution in [1.82, 2.24) is 5.32 Å². The summed E-state index contributed by atoms with van der Waals surface area (Å²) in [5.74, 6) is 0.145. The lowest BCUT2D eigenvalue weighted by molar-refractivity contribution is -0.121. The minimum atomic E-state index is 0.145. The van der Waals surface area contributed by atoms with E-state index in [4.69, 9.17) is 5.11 Å². The fraction of sp³-hybridized carbons (Fsp3) is 0.917. The Morgan fingerprint density at radius 2 is 2.20 bits per heavy atom. The Kier molecular flexibility index (Phi) is 4.58. The van der Waals surface area contributed by atoms with Gasteiger partial charge in [-0.3, -0.25) is 4.79 Å². The van der Waals surface area contributed by atoms with Crippen LogP contribution in [0.25, 0.3) is 0 Å². The summed E-state index contributed by atoms with van der Waals surface area (Å²) in [5, 5.41) is 11.7. The van der Waals surface area contributed by atoms with Crippen molar-refractivity contribution < 1.29 is 9.90 Å². The summed E-state index contributed by atoms with van der Waals surface area (Å²) in [6.45, 7) is 4.69. The summed E-state index contributed by atoms with van der Waals surface area (Å²) >= 11 is 0. The van der Waals surface area contributed by atoms with Crippen molar-refractivity contribution in [3.05, 3.63) is 0 Å². The van der Waals surface area contributed by atoms with Gasteiger partial charge in [0, 0.05) is 19.1 Å². The van der Waals surface area contributed by atoms with Gasteiger partial charge in [-0.05, 0) is 37.5 Å². The Bertz CT molecular complexity index is 214. The van der Waals surface area contributed by atoms with Gasteiger partial charge in [0.1, 0.15) is 0 Å².